The van der Waals surface area contributed by atoms with E-state index in [2.05, 4.69) is 20.3 Å². The van der Waals surface area contributed by atoms with E-state index in [9.17, 15) is 24.0 Å². The molecule has 19 nitrogen and oxygen atoms in total. The predicted molar refractivity (Wildman–Crippen MR) is 258 cm³/mol. The van der Waals surface area contributed by atoms with Gasteiger partial charge in [-0.3, -0.25) is 38.9 Å². The van der Waals surface area contributed by atoms with Gasteiger partial charge in [-0.05, 0) is 76.8 Å². The summed E-state index contributed by atoms with van der Waals surface area (Å²) < 4.78 is 17.6. The summed E-state index contributed by atoms with van der Waals surface area (Å²) in [5.74, 6) is -0.0205. The third-order valence-electron chi connectivity index (χ3n) is 12.6. The van der Waals surface area contributed by atoms with Gasteiger partial charge in [0.15, 0.2) is 5.78 Å². The van der Waals surface area contributed by atoms with E-state index in [1.165, 1.54) is 18.4 Å². The number of primary amides is 2. The van der Waals surface area contributed by atoms with Crippen molar-refractivity contribution in [3.8, 4) is 11.5 Å². The molecule has 4 amide bonds. The van der Waals surface area contributed by atoms with E-state index in [0.29, 0.717) is 94.7 Å². The quantitative estimate of drug-likeness (QED) is 0.0515. The van der Waals surface area contributed by atoms with Crippen LogP contribution in [-0.4, -0.2) is 120 Å². The largest absolute Gasteiger partial charge is 0.494 e. The number of piperazine rings is 1. The van der Waals surface area contributed by atoms with Crippen LogP contribution < -0.4 is 26.3 Å². The predicted octanol–water partition coefficient (Wildman–Crippen LogP) is 5.09. The van der Waals surface area contributed by atoms with Crippen molar-refractivity contribution >= 4 is 68.8 Å². The molecule has 0 radical (unpaired) electrons. The molecule has 358 valence electrons. The maximum absolute atomic E-state index is 13.9. The first-order valence-corrected chi connectivity index (χ1v) is 23.9. The van der Waals surface area contributed by atoms with Gasteiger partial charge in [0.25, 0.3) is 5.91 Å². The van der Waals surface area contributed by atoms with Crippen LogP contribution in [-0.2, 0) is 37.3 Å². The summed E-state index contributed by atoms with van der Waals surface area (Å²) in [6.07, 6.45) is 8.08. The lowest BCUT2D eigenvalue weighted by Gasteiger charge is -2.38. The lowest BCUT2D eigenvalue weighted by molar-refractivity contribution is -0.140. The second-order valence-corrected chi connectivity index (χ2v) is 18.4. The van der Waals surface area contributed by atoms with E-state index in [0.717, 1.165) is 49.6 Å². The van der Waals surface area contributed by atoms with E-state index in [-0.39, 0.29) is 60.1 Å². The number of nitrogens with one attached hydrogen (secondary N) is 1. The molecule has 5 heterocycles. The number of thiazole rings is 1. The molecule has 1 aliphatic carbocycles. The number of allylic oxidation sites excluding steroid dienone is 2. The van der Waals surface area contributed by atoms with Crippen molar-refractivity contribution in [3.05, 3.63) is 86.4 Å². The highest BCUT2D eigenvalue weighted by Crippen LogP contribution is 2.34. The summed E-state index contributed by atoms with van der Waals surface area (Å²) in [6.45, 7) is 12.5. The molecule has 8 rings (SSSR count). The van der Waals surface area contributed by atoms with Crippen LogP contribution in [0, 0.1) is 19.8 Å². The number of nitrogens with two attached hydrogens (primary N) is 2. The van der Waals surface area contributed by atoms with Crippen LogP contribution in [0.1, 0.15) is 103 Å². The van der Waals surface area contributed by atoms with Crippen LogP contribution in [0.15, 0.2) is 42.5 Å². The Balaban J connectivity index is 1.09. The van der Waals surface area contributed by atoms with Gasteiger partial charge in [-0.25, -0.2) is 15.0 Å². The van der Waals surface area contributed by atoms with Crippen LogP contribution in [0.3, 0.4) is 0 Å². The van der Waals surface area contributed by atoms with Gasteiger partial charge in [-0.15, -0.1) is 11.3 Å². The Labute approximate surface area is 397 Å². The molecule has 1 saturated heterocycles. The SMILES string of the molecule is CCc1nc(C)sc1C(=O)Nc1nc2cc(C(N)=O)cc(OCCCN3CCN(C(=O)C4CCC4)CC3)c2n1C/C=C/Cn1c(CC(=O)c2cc(C)nn2CC)nc2cc(C(N)=O)cc(OC)c21. The molecule has 0 atom stereocenters. The number of fused-ring (bicyclic) bond motifs is 2. The minimum atomic E-state index is -0.659. The number of benzene rings is 2. The van der Waals surface area contributed by atoms with Crippen LogP contribution >= 0.6 is 11.3 Å². The minimum absolute atomic E-state index is 0.0684. The molecule has 4 aromatic heterocycles. The van der Waals surface area contributed by atoms with Gasteiger partial charge >= 0.3 is 0 Å². The first-order valence-electron chi connectivity index (χ1n) is 23.1. The average Bonchev–Trinajstić information content (AvgIpc) is 4.07. The van der Waals surface area contributed by atoms with E-state index in [4.69, 9.17) is 30.9 Å². The Morgan fingerprint density at radius 2 is 1.51 bits per heavy atom. The molecule has 20 heteroatoms. The third kappa shape index (κ3) is 10.0. The Kier molecular flexibility index (Phi) is 14.4. The highest BCUT2D eigenvalue weighted by molar-refractivity contribution is 7.13. The molecule has 5 N–H and O–H groups in total. The first-order chi connectivity index (χ1) is 32.8. The Bertz CT molecular complexity index is 2930. The Morgan fingerprint density at radius 3 is 2.15 bits per heavy atom. The topological polar surface area (TPSA) is 241 Å². The number of carbonyl (C=O) groups is 5. The monoisotopic (exact) mass is 946 g/mol. The number of ether oxygens (including phenoxy) is 2. The summed E-state index contributed by atoms with van der Waals surface area (Å²) in [7, 11) is 1.49. The number of hydrogen-bond acceptors (Lipinski definition) is 13. The standard InChI is InChI=1S/C48H58N12O7S/c1-6-33-43(68-29(4)51-33)46(64)54-48-53-35-24-32(45(50)63)26-39(67-21-11-14-56-17-19-57(20-18-56)47(65)30-12-10-13-30)42(35)59(48)16-9-8-15-58-40(27-37(61)36-22-28(3)55-60(36)7-2)52-34-23-31(44(49)62)25-38(66-5)41(34)58/h8-9,22-26,30H,6-7,10-21,27H2,1-5H3,(H2,49,62)(H2,50,63)(H,53,54,64)/b9-8+. The smallest absolute Gasteiger partial charge is 0.269 e. The fourth-order valence-corrected chi connectivity index (χ4v) is 9.79. The third-order valence-corrected chi connectivity index (χ3v) is 13.6. The summed E-state index contributed by atoms with van der Waals surface area (Å²) >= 11 is 1.30. The van der Waals surface area contributed by atoms with Crippen LogP contribution in [0.4, 0.5) is 5.95 Å². The van der Waals surface area contributed by atoms with E-state index >= 15 is 0 Å². The molecular formula is C48H58N12O7S. The second-order valence-electron chi connectivity index (χ2n) is 17.2. The number of anilines is 1. The number of hydrogen-bond donors (Lipinski definition) is 3. The Hall–Kier alpha value is -6.93. The van der Waals surface area contributed by atoms with Crippen molar-refractivity contribution in [2.75, 3.05) is 51.8 Å². The summed E-state index contributed by atoms with van der Waals surface area (Å²) in [6, 6.07) is 8.07. The number of methoxy groups -OCH3 is 1. The second kappa shape index (κ2) is 20.5. The van der Waals surface area contributed by atoms with E-state index < -0.39 is 11.8 Å². The zero-order chi connectivity index (χ0) is 48.2. The van der Waals surface area contributed by atoms with E-state index in [1.807, 2.05) is 53.9 Å². The zero-order valence-electron chi connectivity index (χ0n) is 39.2. The van der Waals surface area contributed by atoms with Crippen molar-refractivity contribution in [2.24, 2.45) is 17.4 Å². The molecule has 0 spiro atoms. The van der Waals surface area contributed by atoms with Gasteiger partial charge in [0, 0.05) is 69.4 Å². The number of aryl methyl sites for hydroxylation is 4. The minimum Gasteiger partial charge on any atom is -0.494 e. The van der Waals surface area contributed by atoms with Gasteiger partial charge < -0.3 is 35.0 Å². The van der Waals surface area contributed by atoms with Crippen molar-refractivity contribution in [1.29, 1.82) is 0 Å². The molecule has 0 bridgehead atoms. The number of Topliss-reactive ketones (excluding diaryl/α,β-unsaturated/α-hetero) is 1. The maximum Gasteiger partial charge on any atom is 0.269 e. The zero-order valence-corrected chi connectivity index (χ0v) is 40.0. The fourth-order valence-electron chi connectivity index (χ4n) is 8.89. The molecule has 1 aliphatic heterocycles. The molecule has 2 fully saturated rings. The molecule has 2 aromatic carbocycles. The van der Waals surface area contributed by atoms with Crippen LogP contribution in [0.25, 0.3) is 22.1 Å². The van der Waals surface area contributed by atoms with Crippen LogP contribution in [0.5, 0.6) is 11.5 Å². The number of aromatic nitrogens is 7. The highest BCUT2D eigenvalue weighted by atomic mass is 32.1. The number of carbonyl (C=O) groups excluding carboxylic acids is 5. The molecular weight excluding hydrogens is 889 g/mol. The molecule has 1 saturated carbocycles. The number of nitrogens with zero attached hydrogens (tertiary/aromatic N) is 9. The van der Waals surface area contributed by atoms with Gasteiger partial charge in [-0.1, -0.05) is 25.5 Å². The lowest BCUT2D eigenvalue weighted by Crippen LogP contribution is -2.51. The van der Waals surface area contributed by atoms with Crippen molar-refractivity contribution < 1.29 is 33.4 Å². The summed E-state index contributed by atoms with van der Waals surface area (Å²) in [5, 5.41) is 8.22. The average molecular weight is 947 g/mol. The molecule has 2 aliphatic rings. The van der Waals surface area contributed by atoms with E-state index in [1.54, 1.807) is 35.0 Å². The number of imidazole rings is 2. The molecule has 6 aromatic rings. The van der Waals surface area contributed by atoms with Gasteiger partial charge in [0.05, 0.1) is 47.6 Å². The normalized spacial score (nSPS) is 14.5. The number of amides is 4. The fraction of sp³-hybridized carbons (Fsp3) is 0.438. The van der Waals surface area contributed by atoms with Crippen LogP contribution in [0.2, 0.25) is 0 Å². The first kappa shape index (κ1) is 47.6. The Morgan fingerprint density at radius 1 is 0.853 bits per heavy atom. The number of rotatable bonds is 20. The summed E-state index contributed by atoms with van der Waals surface area (Å²) in [4.78, 5) is 84.6. The van der Waals surface area contributed by atoms with Crippen molar-refractivity contribution in [2.45, 2.75) is 85.9 Å². The molecule has 0 unspecified atom stereocenters. The van der Waals surface area contributed by atoms with Crippen molar-refractivity contribution in [1.82, 2.24) is 43.7 Å². The van der Waals surface area contributed by atoms with Gasteiger partial charge in [0.2, 0.25) is 23.7 Å². The summed E-state index contributed by atoms with van der Waals surface area (Å²) in [5.41, 5.74) is 15.7. The number of ketones is 1. The van der Waals surface area contributed by atoms with Crippen molar-refractivity contribution in [3.63, 3.8) is 0 Å². The van der Waals surface area contributed by atoms with Gasteiger partial charge in [0.1, 0.15) is 38.9 Å². The lowest BCUT2D eigenvalue weighted by atomic mass is 9.84. The molecule has 68 heavy (non-hydrogen) atoms. The maximum atomic E-state index is 13.9. The highest BCUT2D eigenvalue weighted by Gasteiger charge is 2.31. The van der Waals surface area contributed by atoms with Gasteiger partial charge in [-0.2, -0.15) is 5.10 Å².